The van der Waals surface area contributed by atoms with E-state index >= 15 is 0 Å². The van der Waals surface area contributed by atoms with Crippen LogP contribution < -0.4 is 16.6 Å². The number of rotatable bonds is 5. The summed E-state index contributed by atoms with van der Waals surface area (Å²) in [5, 5.41) is 3.15. The van der Waals surface area contributed by atoms with Crippen molar-refractivity contribution in [1.29, 1.82) is 0 Å². The maximum absolute atomic E-state index is 11.0. The summed E-state index contributed by atoms with van der Waals surface area (Å²) in [5.74, 6) is 7.72. The average Bonchev–Trinajstić information content (AvgIpc) is 2.14. The summed E-state index contributed by atoms with van der Waals surface area (Å²) in [7, 11) is -0.828. The lowest BCUT2D eigenvalue weighted by Crippen LogP contribution is -2.23. The summed E-state index contributed by atoms with van der Waals surface area (Å²) in [4.78, 5) is 8.29. The molecule has 1 aromatic heterocycles. The molecule has 0 amide bonds. The highest BCUT2D eigenvalue weighted by Gasteiger charge is 2.06. The van der Waals surface area contributed by atoms with Crippen LogP contribution in [0.5, 0.6) is 0 Å². The smallest absolute Gasteiger partial charge is 0.145 e. The summed E-state index contributed by atoms with van der Waals surface area (Å²) in [6.07, 6.45) is 1.68. The largest absolute Gasteiger partial charge is 0.367 e. The normalized spacial score (nSPS) is 14.2. The van der Waals surface area contributed by atoms with Gasteiger partial charge in [-0.2, -0.15) is 0 Å². The van der Waals surface area contributed by atoms with Crippen LogP contribution in [0.4, 0.5) is 11.6 Å². The first-order valence-corrected chi connectivity index (χ1v) is 6.63. The molecule has 1 rings (SSSR count). The zero-order valence-corrected chi connectivity index (χ0v) is 10.5. The molecule has 0 bridgehead atoms. The van der Waals surface area contributed by atoms with Gasteiger partial charge in [-0.25, -0.2) is 15.8 Å². The van der Waals surface area contributed by atoms with Crippen molar-refractivity contribution in [3.05, 3.63) is 11.9 Å². The van der Waals surface area contributed by atoms with Gasteiger partial charge in [0.2, 0.25) is 0 Å². The Morgan fingerprint density at radius 2 is 2.12 bits per heavy atom. The Morgan fingerprint density at radius 1 is 1.50 bits per heavy atom. The second-order valence-electron chi connectivity index (χ2n) is 3.62. The van der Waals surface area contributed by atoms with Gasteiger partial charge in [0.1, 0.15) is 17.5 Å². The molecule has 0 aromatic carbocycles. The first kappa shape index (κ1) is 12.9. The van der Waals surface area contributed by atoms with Gasteiger partial charge in [0.05, 0.1) is 0 Å². The van der Waals surface area contributed by atoms with Crippen molar-refractivity contribution in [3.8, 4) is 0 Å². The first-order chi connectivity index (χ1) is 7.51. The molecule has 1 heterocycles. The molecule has 0 aliphatic heterocycles. The van der Waals surface area contributed by atoms with Crippen LogP contribution in [0.2, 0.25) is 0 Å². The van der Waals surface area contributed by atoms with E-state index in [9.17, 15) is 4.21 Å². The highest BCUT2D eigenvalue weighted by molar-refractivity contribution is 7.84. The molecule has 2 unspecified atom stereocenters. The van der Waals surface area contributed by atoms with E-state index in [1.165, 1.54) is 0 Å². The molecule has 0 saturated heterocycles. The molecule has 1 aromatic rings. The SMILES string of the molecule is Cc1nc(NN)cc(NC(C)CS(C)=O)n1. The van der Waals surface area contributed by atoms with Crippen molar-refractivity contribution in [2.45, 2.75) is 19.9 Å². The van der Waals surface area contributed by atoms with Crippen molar-refractivity contribution in [2.75, 3.05) is 22.8 Å². The Hall–Kier alpha value is -1.21. The molecular formula is C9H17N5OS. The van der Waals surface area contributed by atoms with E-state index in [0.29, 0.717) is 23.2 Å². The van der Waals surface area contributed by atoms with Gasteiger partial charge < -0.3 is 10.7 Å². The summed E-state index contributed by atoms with van der Waals surface area (Å²) in [6.45, 7) is 3.74. The van der Waals surface area contributed by atoms with Crippen LogP contribution in [0.25, 0.3) is 0 Å². The third kappa shape index (κ3) is 4.11. The molecule has 0 fully saturated rings. The molecule has 2 atom stereocenters. The lowest BCUT2D eigenvalue weighted by Gasteiger charge is -2.14. The molecule has 16 heavy (non-hydrogen) atoms. The van der Waals surface area contributed by atoms with Gasteiger partial charge in [0.15, 0.2) is 0 Å². The third-order valence-corrected chi connectivity index (χ3v) is 2.83. The Kier molecular flexibility index (Phi) is 4.63. The van der Waals surface area contributed by atoms with E-state index in [2.05, 4.69) is 20.7 Å². The number of anilines is 2. The Balaban J connectivity index is 2.72. The van der Waals surface area contributed by atoms with E-state index in [-0.39, 0.29) is 6.04 Å². The highest BCUT2D eigenvalue weighted by Crippen LogP contribution is 2.11. The van der Waals surface area contributed by atoms with Crippen LogP contribution in [0.15, 0.2) is 6.07 Å². The number of hydrazine groups is 1. The van der Waals surface area contributed by atoms with Crippen LogP contribution >= 0.6 is 0 Å². The van der Waals surface area contributed by atoms with E-state index in [0.717, 1.165) is 0 Å². The Morgan fingerprint density at radius 3 is 2.69 bits per heavy atom. The highest BCUT2D eigenvalue weighted by atomic mass is 32.2. The predicted octanol–water partition coefficient (Wildman–Crippen LogP) is 0.250. The van der Waals surface area contributed by atoms with Gasteiger partial charge in [-0.15, -0.1) is 0 Å². The predicted molar refractivity (Wildman–Crippen MR) is 66.6 cm³/mol. The van der Waals surface area contributed by atoms with E-state index in [1.807, 2.05) is 6.92 Å². The van der Waals surface area contributed by atoms with Crippen LogP contribution in [-0.2, 0) is 10.8 Å². The van der Waals surface area contributed by atoms with Crippen LogP contribution in [0.3, 0.4) is 0 Å². The van der Waals surface area contributed by atoms with Crippen molar-refractivity contribution in [3.63, 3.8) is 0 Å². The van der Waals surface area contributed by atoms with Gasteiger partial charge >= 0.3 is 0 Å². The van der Waals surface area contributed by atoms with Crippen molar-refractivity contribution in [1.82, 2.24) is 9.97 Å². The number of nitrogens with two attached hydrogens (primary N) is 1. The lowest BCUT2D eigenvalue weighted by atomic mass is 10.4. The second kappa shape index (κ2) is 5.76. The quantitative estimate of drug-likeness (QED) is 0.507. The van der Waals surface area contributed by atoms with E-state index in [1.54, 1.807) is 19.2 Å². The van der Waals surface area contributed by atoms with Gasteiger partial charge in [-0.3, -0.25) is 4.21 Å². The van der Waals surface area contributed by atoms with Gasteiger partial charge in [-0.1, -0.05) is 0 Å². The number of nitrogens with one attached hydrogen (secondary N) is 2. The molecule has 0 saturated carbocycles. The molecule has 7 heteroatoms. The number of nitrogen functional groups attached to an aromatic ring is 1. The molecule has 4 N–H and O–H groups in total. The Labute approximate surface area is 97.5 Å². The number of aryl methyl sites for hydroxylation is 1. The third-order valence-electron chi connectivity index (χ3n) is 1.86. The molecule has 0 aliphatic carbocycles. The van der Waals surface area contributed by atoms with Crippen LogP contribution in [0, 0.1) is 6.92 Å². The maximum atomic E-state index is 11.0. The first-order valence-electron chi connectivity index (χ1n) is 4.90. The van der Waals surface area contributed by atoms with Crippen molar-refractivity contribution in [2.24, 2.45) is 5.84 Å². The maximum Gasteiger partial charge on any atom is 0.145 e. The van der Waals surface area contributed by atoms with Gasteiger partial charge in [-0.05, 0) is 13.8 Å². The van der Waals surface area contributed by atoms with E-state index < -0.39 is 10.8 Å². The summed E-state index contributed by atoms with van der Waals surface area (Å²) in [5.41, 5.74) is 2.47. The van der Waals surface area contributed by atoms with Crippen LogP contribution in [0.1, 0.15) is 12.7 Å². The fourth-order valence-corrected chi connectivity index (χ4v) is 2.15. The number of hydrogen-bond donors (Lipinski definition) is 3. The molecular weight excluding hydrogens is 226 g/mol. The number of nitrogens with zero attached hydrogens (tertiary/aromatic N) is 2. The number of hydrogen-bond acceptors (Lipinski definition) is 6. The number of aromatic nitrogens is 2. The summed E-state index contributed by atoms with van der Waals surface area (Å²) >= 11 is 0. The van der Waals surface area contributed by atoms with Gasteiger partial charge in [0, 0.05) is 34.9 Å². The second-order valence-corrected chi connectivity index (χ2v) is 5.09. The standard InChI is InChI=1S/C9H17N5OS/c1-6(5-16(3)15)11-8-4-9(14-10)13-7(2)12-8/h4,6H,5,10H2,1-3H3,(H2,11,12,13,14). The van der Waals surface area contributed by atoms with E-state index in [4.69, 9.17) is 5.84 Å². The fourth-order valence-electron chi connectivity index (χ4n) is 1.36. The molecule has 0 radical (unpaired) electrons. The summed E-state index contributed by atoms with van der Waals surface area (Å²) < 4.78 is 11.0. The average molecular weight is 243 g/mol. The van der Waals surface area contributed by atoms with Crippen LogP contribution in [-0.4, -0.2) is 32.2 Å². The minimum atomic E-state index is -0.828. The fraction of sp³-hybridized carbons (Fsp3) is 0.556. The monoisotopic (exact) mass is 243 g/mol. The molecule has 90 valence electrons. The van der Waals surface area contributed by atoms with Crippen molar-refractivity contribution >= 4 is 22.4 Å². The molecule has 0 spiro atoms. The zero-order chi connectivity index (χ0) is 12.1. The van der Waals surface area contributed by atoms with Crippen molar-refractivity contribution < 1.29 is 4.21 Å². The molecule has 0 aliphatic rings. The topological polar surface area (TPSA) is 92.9 Å². The van der Waals surface area contributed by atoms with Gasteiger partial charge in [0.25, 0.3) is 0 Å². The lowest BCUT2D eigenvalue weighted by molar-refractivity contribution is 0.683. The Bertz CT molecular complexity index is 384. The molecule has 6 nitrogen and oxygen atoms in total. The minimum Gasteiger partial charge on any atom is -0.367 e. The minimum absolute atomic E-state index is 0.0887. The summed E-state index contributed by atoms with van der Waals surface area (Å²) in [6, 6.07) is 1.80. The zero-order valence-electron chi connectivity index (χ0n) is 9.65.